The molecule has 2 aromatic rings. The van der Waals surface area contributed by atoms with Crippen molar-refractivity contribution in [2.45, 2.75) is 6.61 Å². The first kappa shape index (κ1) is 17.7. The molecule has 0 unspecified atom stereocenters. The van der Waals surface area contributed by atoms with Gasteiger partial charge in [-0.25, -0.2) is 9.59 Å². The Morgan fingerprint density at radius 2 is 1.81 bits per heavy atom. The number of methoxy groups -OCH3 is 1. The molecular weight excluding hydrogens is 338 g/mol. The van der Waals surface area contributed by atoms with Gasteiger partial charge in [0.25, 0.3) is 0 Å². The summed E-state index contributed by atoms with van der Waals surface area (Å²) >= 11 is 0. The molecule has 138 valence electrons. The minimum atomic E-state index is -0.373. The molecular formula is C18H21N3O5. The van der Waals surface area contributed by atoms with Gasteiger partial charge in [-0.05, 0) is 24.3 Å². The summed E-state index contributed by atoms with van der Waals surface area (Å²) in [6.45, 7) is 2.04. The zero-order valence-corrected chi connectivity index (χ0v) is 14.5. The average molecular weight is 359 g/mol. The van der Waals surface area contributed by atoms with Gasteiger partial charge in [0, 0.05) is 26.2 Å². The number of benzene rings is 1. The lowest BCUT2D eigenvalue weighted by molar-refractivity contribution is 0.0992. The molecule has 1 aromatic heterocycles. The number of furan rings is 1. The highest BCUT2D eigenvalue weighted by atomic mass is 16.5. The molecule has 0 bridgehead atoms. The Labute approximate surface area is 151 Å². The quantitative estimate of drug-likeness (QED) is 0.907. The molecule has 2 heterocycles. The van der Waals surface area contributed by atoms with Gasteiger partial charge in [0.1, 0.15) is 18.1 Å². The third-order valence-corrected chi connectivity index (χ3v) is 4.08. The van der Waals surface area contributed by atoms with Crippen LogP contribution in [0.15, 0.2) is 47.1 Å². The lowest BCUT2D eigenvalue weighted by Crippen LogP contribution is -2.51. The van der Waals surface area contributed by atoms with E-state index in [0.29, 0.717) is 43.4 Å². The van der Waals surface area contributed by atoms with Gasteiger partial charge >= 0.3 is 12.1 Å². The molecule has 1 aliphatic rings. The van der Waals surface area contributed by atoms with Crippen LogP contribution in [0.4, 0.5) is 15.3 Å². The van der Waals surface area contributed by atoms with Crippen LogP contribution in [-0.4, -0.2) is 55.2 Å². The number of urea groups is 1. The van der Waals surface area contributed by atoms with Gasteiger partial charge in [-0.1, -0.05) is 12.1 Å². The van der Waals surface area contributed by atoms with Crippen LogP contribution in [0.5, 0.6) is 5.75 Å². The molecule has 0 saturated carbocycles. The fourth-order valence-corrected chi connectivity index (χ4v) is 2.65. The second kappa shape index (κ2) is 8.28. The molecule has 3 rings (SSSR count). The van der Waals surface area contributed by atoms with Crippen LogP contribution >= 0.6 is 0 Å². The number of anilines is 1. The number of amides is 3. The maximum atomic E-state index is 12.5. The monoisotopic (exact) mass is 359 g/mol. The molecule has 1 saturated heterocycles. The molecule has 1 N–H and O–H groups in total. The van der Waals surface area contributed by atoms with Crippen LogP contribution in [0.25, 0.3) is 0 Å². The van der Waals surface area contributed by atoms with Crippen molar-refractivity contribution in [3.63, 3.8) is 0 Å². The van der Waals surface area contributed by atoms with Crippen molar-refractivity contribution in [2.75, 3.05) is 38.6 Å². The summed E-state index contributed by atoms with van der Waals surface area (Å²) in [7, 11) is 1.35. The number of carbonyl (C=O) groups excluding carboxylic acids is 2. The van der Waals surface area contributed by atoms with Crippen molar-refractivity contribution in [3.05, 3.63) is 48.4 Å². The van der Waals surface area contributed by atoms with E-state index in [-0.39, 0.29) is 18.7 Å². The Balaban J connectivity index is 1.57. The molecule has 1 aliphatic heterocycles. The van der Waals surface area contributed by atoms with E-state index in [9.17, 15) is 9.59 Å². The second-order valence-corrected chi connectivity index (χ2v) is 5.74. The standard InChI is InChI=1S/C18H21N3O5/c1-24-18(23)21-10-8-20(9-11-21)17(22)19-15-6-2-3-7-16(15)26-13-14-5-4-12-25-14/h2-7,12H,8-11,13H2,1H3,(H,19,22). The number of ether oxygens (including phenoxy) is 2. The molecule has 0 spiro atoms. The zero-order valence-electron chi connectivity index (χ0n) is 14.5. The van der Waals surface area contributed by atoms with E-state index in [2.05, 4.69) is 5.32 Å². The Morgan fingerprint density at radius 3 is 2.50 bits per heavy atom. The van der Waals surface area contributed by atoms with E-state index < -0.39 is 0 Å². The molecule has 1 aromatic carbocycles. The first-order valence-corrected chi connectivity index (χ1v) is 8.30. The number of hydrogen-bond acceptors (Lipinski definition) is 5. The highest BCUT2D eigenvalue weighted by Gasteiger charge is 2.25. The number of piperazine rings is 1. The van der Waals surface area contributed by atoms with Crippen molar-refractivity contribution < 1.29 is 23.5 Å². The topological polar surface area (TPSA) is 84.2 Å². The summed E-state index contributed by atoms with van der Waals surface area (Å²) in [5, 5.41) is 2.87. The first-order valence-electron chi connectivity index (χ1n) is 8.30. The van der Waals surface area contributed by atoms with Crippen LogP contribution in [0.3, 0.4) is 0 Å². The van der Waals surface area contributed by atoms with E-state index in [1.54, 1.807) is 34.3 Å². The van der Waals surface area contributed by atoms with Crippen LogP contribution < -0.4 is 10.1 Å². The van der Waals surface area contributed by atoms with Crippen molar-refractivity contribution in [1.29, 1.82) is 0 Å². The SMILES string of the molecule is COC(=O)N1CCN(C(=O)Nc2ccccc2OCc2ccco2)CC1. The maximum Gasteiger partial charge on any atom is 0.409 e. The predicted molar refractivity (Wildman–Crippen MR) is 94.1 cm³/mol. The number of hydrogen-bond donors (Lipinski definition) is 1. The molecule has 0 aliphatic carbocycles. The summed E-state index contributed by atoms with van der Waals surface area (Å²) in [5.74, 6) is 1.26. The summed E-state index contributed by atoms with van der Waals surface area (Å²) in [6.07, 6.45) is 1.21. The summed E-state index contributed by atoms with van der Waals surface area (Å²) in [6, 6.07) is 10.6. The zero-order chi connectivity index (χ0) is 18.4. The van der Waals surface area contributed by atoms with E-state index >= 15 is 0 Å². The fourth-order valence-electron chi connectivity index (χ4n) is 2.65. The third kappa shape index (κ3) is 4.27. The van der Waals surface area contributed by atoms with Crippen molar-refractivity contribution in [3.8, 4) is 5.75 Å². The average Bonchev–Trinajstić information content (AvgIpc) is 3.20. The second-order valence-electron chi connectivity index (χ2n) is 5.74. The third-order valence-electron chi connectivity index (χ3n) is 4.08. The lowest BCUT2D eigenvalue weighted by Gasteiger charge is -2.33. The summed E-state index contributed by atoms with van der Waals surface area (Å²) < 4.78 is 15.7. The molecule has 1 fully saturated rings. The number of nitrogens with one attached hydrogen (secondary N) is 1. The fraction of sp³-hybridized carbons (Fsp3) is 0.333. The van der Waals surface area contributed by atoms with E-state index in [1.165, 1.54) is 7.11 Å². The normalized spacial score (nSPS) is 14.0. The Hall–Kier alpha value is -3.16. The van der Waals surface area contributed by atoms with Gasteiger partial charge in [-0.3, -0.25) is 0 Å². The molecule has 0 atom stereocenters. The number of rotatable bonds is 4. The van der Waals surface area contributed by atoms with Crippen molar-refractivity contribution in [2.24, 2.45) is 0 Å². The predicted octanol–water partition coefficient (Wildman–Crippen LogP) is 2.77. The lowest BCUT2D eigenvalue weighted by atomic mass is 10.3. The van der Waals surface area contributed by atoms with Gasteiger partial charge in [0.15, 0.2) is 0 Å². The van der Waals surface area contributed by atoms with Crippen molar-refractivity contribution in [1.82, 2.24) is 9.80 Å². The van der Waals surface area contributed by atoms with E-state index in [4.69, 9.17) is 13.9 Å². The number of carbonyl (C=O) groups is 2. The van der Waals surface area contributed by atoms with Gasteiger partial charge in [-0.2, -0.15) is 0 Å². The first-order chi connectivity index (χ1) is 12.7. The minimum Gasteiger partial charge on any atom is -0.483 e. The Bertz CT molecular complexity index is 739. The van der Waals surface area contributed by atoms with E-state index in [1.807, 2.05) is 18.2 Å². The molecule has 26 heavy (non-hydrogen) atoms. The number of para-hydroxylation sites is 2. The Kier molecular flexibility index (Phi) is 5.62. The highest BCUT2D eigenvalue weighted by Crippen LogP contribution is 2.25. The van der Waals surface area contributed by atoms with Crippen LogP contribution in [0.1, 0.15) is 5.76 Å². The van der Waals surface area contributed by atoms with Crippen LogP contribution in [0, 0.1) is 0 Å². The van der Waals surface area contributed by atoms with Crippen molar-refractivity contribution >= 4 is 17.8 Å². The maximum absolute atomic E-state index is 12.5. The van der Waals surface area contributed by atoms with E-state index in [0.717, 1.165) is 0 Å². The summed E-state index contributed by atoms with van der Waals surface area (Å²) in [4.78, 5) is 27.2. The van der Waals surface area contributed by atoms with Gasteiger partial charge in [-0.15, -0.1) is 0 Å². The largest absolute Gasteiger partial charge is 0.483 e. The summed E-state index contributed by atoms with van der Waals surface area (Å²) in [5.41, 5.74) is 0.583. The van der Waals surface area contributed by atoms with Gasteiger partial charge in [0.05, 0.1) is 19.1 Å². The molecule has 8 heteroatoms. The van der Waals surface area contributed by atoms with Gasteiger partial charge in [0.2, 0.25) is 0 Å². The van der Waals surface area contributed by atoms with Crippen LogP contribution in [0.2, 0.25) is 0 Å². The Morgan fingerprint density at radius 1 is 1.08 bits per heavy atom. The van der Waals surface area contributed by atoms with Gasteiger partial charge < -0.3 is 29.0 Å². The van der Waals surface area contributed by atoms with Crippen LogP contribution in [-0.2, 0) is 11.3 Å². The molecule has 8 nitrogen and oxygen atoms in total. The molecule has 3 amide bonds. The smallest absolute Gasteiger partial charge is 0.409 e. The highest BCUT2D eigenvalue weighted by molar-refractivity contribution is 5.91. The number of nitrogens with zero attached hydrogens (tertiary/aromatic N) is 2. The molecule has 0 radical (unpaired) electrons. The minimum absolute atomic E-state index is 0.233.